The fourth-order valence-corrected chi connectivity index (χ4v) is 3.92. The normalized spacial score (nSPS) is 16.6. The van der Waals surface area contributed by atoms with E-state index in [1.807, 2.05) is 20.8 Å². The number of rotatable bonds is 3. The molecule has 1 aliphatic rings. The quantitative estimate of drug-likeness (QED) is 0.874. The molecule has 0 unspecified atom stereocenters. The molecule has 1 aliphatic heterocycles. The molecule has 7 nitrogen and oxygen atoms in total. The van der Waals surface area contributed by atoms with Crippen molar-refractivity contribution >= 4 is 16.1 Å². The molecular formula is C16H24FN3O4S. The minimum absolute atomic E-state index is 0.0115. The van der Waals surface area contributed by atoms with E-state index >= 15 is 0 Å². The number of carbonyl (C=O) groups excluding carboxylic acids is 1. The maximum atomic E-state index is 13.8. The standard InChI is InChI=1S/C16H24FN3O4S/c1-16(2,3)18-15(21)19-7-9-20(10-8-19)25(22,23)12-5-6-14(24-4)13(17)11-12/h5-6,11H,7-10H2,1-4H3,(H,18,21). The summed E-state index contributed by atoms with van der Waals surface area (Å²) in [6, 6.07) is 3.33. The third kappa shape index (κ3) is 4.60. The number of benzene rings is 1. The molecule has 0 spiro atoms. The van der Waals surface area contributed by atoms with Crippen LogP contribution in [0.25, 0.3) is 0 Å². The van der Waals surface area contributed by atoms with Gasteiger partial charge in [-0.15, -0.1) is 0 Å². The van der Waals surface area contributed by atoms with E-state index in [2.05, 4.69) is 5.32 Å². The SMILES string of the molecule is COc1ccc(S(=O)(=O)N2CCN(C(=O)NC(C)(C)C)CC2)cc1F. The van der Waals surface area contributed by atoms with E-state index in [1.165, 1.54) is 23.5 Å². The van der Waals surface area contributed by atoms with E-state index in [9.17, 15) is 17.6 Å². The zero-order valence-electron chi connectivity index (χ0n) is 14.9. The van der Waals surface area contributed by atoms with Crippen LogP contribution in [0.2, 0.25) is 0 Å². The molecule has 0 radical (unpaired) electrons. The smallest absolute Gasteiger partial charge is 0.317 e. The Morgan fingerprint density at radius 2 is 1.80 bits per heavy atom. The Morgan fingerprint density at radius 1 is 1.20 bits per heavy atom. The number of nitrogens with one attached hydrogen (secondary N) is 1. The van der Waals surface area contributed by atoms with Crippen LogP contribution in [0.5, 0.6) is 5.75 Å². The van der Waals surface area contributed by atoms with E-state index in [-0.39, 0.29) is 48.4 Å². The lowest BCUT2D eigenvalue weighted by molar-refractivity contribution is 0.165. The Bertz CT molecular complexity index is 738. The van der Waals surface area contributed by atoms with Crippen LogP contribution < -0.4 is 10.1 Å². The average molecular weight is 373 g/mol. The topological polar surface area (TPSA) is 79.0 Å². The van der Waals surface area contributed by atoms with Gasteiger partial charge in [-0.25, -0.2) is 17.6 Å². The second-order valence-electron chi connectivity index (χ2n) is 6.87. The summed E-state index contributed by atoms with van der Waals surface area (Å²) in [5, 5.41) is 2.85. The highest BCUT2D eigenvalue weighted by atomic mass is 32.2. The first kappa shape index (κ1) is 19.5. The largest absolute Gasteiger partial charge is 0.494 e. The molecule has 1 fully saturated rings. The summed E-state index contributed by atoms with van der Waals surface area (Å²) < 4.78 is 45.2. The molecule has 1 heterocycles. The minimum Gasteiger partial charge on any atom is -0.494 e. The van der Waals surface area contributed by atoms with Gasteiger partial charge in [-0.3, -0.25) is 0 Å². The number of ether oxygens (including phenoxy) is 1. The van der Waals surface area contributed by atoms with Gasteiger partial charge in [0.1, 0.15) is 0 Å². The van der Waals surface area contributed by atoms with Crippen molar-refractivity contribution in [1.29, 1.82) is 0 Å². The molecule has 0 atom stereocenters. The van der Waals surface area contributed by atoms with Crippen molar-refractivity contribution in [2.75, 3.05) is 33.3 Å². The summed E-state index contributed by atoms with van der Waals surface area (Å²) in [5.74, 6) is -0.741. The Morgan fingerprint density at radius 3 is 2.28 bits per heavy atom. The molecular weight excluding hydrogens is 349 g/mol. The minimum atomic E-state index is -3.81. The number of urea groups is 1. The maximum Gasteiger partial charge on any atom is 0.317 e. The van der Waals surface area contributed by atoms with Gasteiger partial charge in [0.2, 0.25) is 10.0 Å². The number of sulfonamides is 1. The molecule has 0 saturated carbocycles. The predicted molar refractivity (Wildman–Crippen MR) is 91.6 cm³/mol. The number of methoxy groups -OCH3 is 1. The van der Waals surface area contributed by atoms with Gasteiger partial charge in [0.15, 0.2) is 11.6 Å². The lowest BCUT2D eigenvalue weighted by Crippen LogP contribution is -2.55. The Kier molecular flexibility index (Phi) is 5.58. The van der Waals surface area contributed by atoms with Crippen LogP contribution in [-0.2, 0) is 10.0 Å². The van der Waals surface area contributed by atoms with E-state index in [1.54, 1.807) is 4.90 Å². The van der Waals surface area contributed by atoms with Gasteiger partial charge >= 0.3 is 6.03 Å². The third-order valence-corrected chi connectivity index (χ3v) is 5.66. The number of amides is 2. The summed E-state index contributed by atoms with van der Waals surface area (Å²) in [6.07, 6.45) is 0. The summed E-state index contributed by atoms with van der Waals surface area (Å²) in [5.41, 5.74) is -0.360. The summed E-state index contributed by atoms with van der Waals surface area (Å²) in [6.45, 7) is 6.51. The molecule has 1 N–H and O–H groups in total. The first-order valence-electron chi connectivity index (χ1n) is 7.95. The first-order chi connectivity index (χ1) is 11.5. The van der Waals surface area contributed by atoms with Crippen LogP contribution in [0.3, 0.4) is 0 Å². The zero-order valence-corrected chi connectivity index (χ0v) is 15.7. The summed E-state index contributed by atoms with van der Waals surface area (Å²) >= 11 is 0. The molecule has 2 amide bonds. The van der Waals surface area contributed by atoms with Crippen LogP contribution in [0.1, 0.15) is 20.8 Å². The number of piperazine rings is 1. The molecule has 1 saturated heterocycles. The summed E-state index contributed by atoms with van der Waals surface area (Å²) in [7, 11) is -2.50. The number of nitrogens with zero attached hydrogens (tertiary/aromatic N) is 2. The van der Waals surface area contributed by atoms with Gasteiger partial charge in [0.25, 0.3) is 0 Å². The van der Waals surface area contributed by atoms with Gasteiger partial charge in [0, 0.05) is 31.7 Å². The number of hydrogen-bond donors (Lipinski definition) is 1. The third-order valence-electron chi connectivity index (χ3n) is 3.77. The van der Waals surface area contributed by atoms with Gasteiger partial charge < -0.3 is 15.0 Å². The van der Waals surface area contributed by atoms with Crippen molar-refractivity contribution in [3.63, 3.8) is 0 Å². The van der Waals surface area contributed by atoms with E-state index in [0.717, 1.165) is 6.07 Å². The fourth-order valence-electron chi connectivity index (χ4n) is 2.49. The number of carbonyl (C=O) groups is 1. The molecule has 25 heavy (non-hydrogen) atoms. The first-order valence-corrected chi connectivity index (χ1v) is 9.39. The second-order valence-corrected chi connectivity index (χ2v) is 8.81. The Hall–Kier alpha value is -1.87. The molecule has 9 heteroatoms. The molecule has 2 rings (SSSR count). The van der Waals surface area contributed by atoms with Crippen LogP contribution >= 0.6 is 0 Å². The second kappa shape index (κ2) is 7.17. The molecule has 1 aromatic carbocycles. The highest BCUT2D eigenvalue weighted by Crippen LogP contribution is 2.24. The average Bonchev–Trinajstić information content (AvgIpc) is 2.53. The van der Waals surface area contributed by atoms with Crippen LogP contribution in [-0.4, -0.2) is 62.5 Å². The molecule has 140 valence electrons. The van der Waals surface area contributed by atoms with Crippen molar-refractivity contribution in [1.82, 2.24) is 14.5 Å². The van der Waals surface area contributed by atoms with Gasteiger partial charge in [-0.05, 0) is 39.0 Å². The van der Waals surface area contributed by atoms with Crippen molar-refractivity contribution in [2.24, 2.45) is 0 Å². The van der Waals surface area contributed by atoms with Gasteiger partial charge in [-0.2, -0.15) is 4.31 Å². The molecule has 0 aliphatic carbocycles. The number of hydrogen-bond acceptors (Lipinski definition) is 4. The maximum absolute atomic E-state index is 13.8. The van der Waals surface area contributed by atoms with Gasteiger partial charge in [0.05, 0.1) is 12.0 Å². The molecule has 0 aromatic heterocycles. The van der Waals surface area contributed by atoms with E-state index in [0.29, 0.717) is 0 Å². The highest BCUT2D eigenvalue weighted by Gasteiger charge is 2.31. The van der Waals surface area contributed by atoms with Crippen LogP contribution in [0, 0.1) is 5.82 Å². The number of halogens is 1. The molecule has 0 bridgehead atoms. The summed E-state index contributed by atoms with van der Waals surface area (Å²) in [4.78, 5) is 13.6. The van der Waals surface area contributed by atoms with Gasteiger partial charge in [-0.1, -0.05) is 0 Å². The predicted octanol–water partition coefficient (Wildman–Crippen LogP) is 1.65. The Labute approximate surface area is 147 Å². The Balaban J connectivity index is 2.06. The molecule has 1 aromatic rings. The lowest BCUT2D eigenvalue weighted by Gasteiger charge is -2.35. The lowest BCUT2D eigenvalue weighted by atomic mass is 10.1. The van der Waals surface area contributed by atoms with Crippen LogP contribution in [0.15, 0.2) is 23.1 Å². The van der Waals surface area contributed by atoms with Crippen LogP contribution in [0.4, 0.5) is 9.18 Å². The van der Waals surface area contributed by atoms with Crippen molar-refractivity contribution in [2.45, 2.75) is 31.2 Å². The monoisotopic (exact) mass is 373 g/mol. The van der Waals surface area contributed by atoms with Crippen molar-refractivity contribution in [3.8, 4) is 5.75 Å². The van der Waals surface area contributed by atoms with E-state index < -0.39 is 15.8 Å². The van der Waals surface area contributed by atoms with E-state index in [4.69, 9.17) is 4.74 Å². The fraction of sp³-hybridized carbons (Fsp3) is 0.562. The zero-order chi connectivity index (χ0) is 18.8. The van der Waals surface area contributed by atoms with Crippen molar-refractivity contribution in [3.05, 3.63) is 24.0 Å². The van der Waals surface area contributed by atoms with Crippen molar-refractivity contribution < 1.29 is 22.3 Å². The highest BCUT2D eigenvalue weighted by molar-refractivity contribution is 7.89.